The van der Waals surface area contributed by atoms with Gasteiger partial charge in [-0.25, -0.2) is 9.97 Å². The fourth-order valence-corrected chi connectivity index (χ4v) is 4.67. The molecule has 1 atom stereocenters. The van der Waals surface area contributed by atoms with Gasteiger partial charge in [0.15, 0.2) is 17.5 Å². The molecule has 0 amide bonds. The van der Waals surface area contributed by atoms with Gasteiger partial charge in [-0.05, 0) is 31.4 Å². The van der Waals surface area contributed by atoms with Crippen molar-refractivity contribution >= 4 is 5.82 Å². The smallest absolute Gasteiger partial charge is 0.237 e. The van der Waals surface area contributed by atoms with Crippen molar-refractivity contribution in [2.24, 2.45) is 0 Å². The Kier molecular flexibility index (Phi) is 3.35. The van der Waals surface area contributed by atoms with Crippen molar-refractivity contribution in [3.63, 3.8) is 0 Å². The molecule has 0 radical (unpaired) electrons. The minimum atomic E-state index is -0.159. The first-order valence-electron chi connectivity index (χ1n) is 9.82. The van der Waals surface area contributed by atoms with Crippen molar-refractivity contribution < 1.29 is 0 Å². The highest BCUT2D eigenvalue weighted by Gasteiger charge is 2.49. The number of hydrogen-bond donors (Lipinski definition) is 0. The summed E-state index contributed by atoms with van der Waals surface area (Å²) in [5, 5.41) is 8.65. The molecule has 0 spiro atoms. The van der Waals surface area contributed by atoms with Gasteiger partial charge in [0, 0.05) is 25.1 Å². The molecule has 1 saturated heterocycles. The molecular weight excluding hydrogens is 366 g/mol. The van der Waals surface area contributed by atoms with E-state index in [9.17, 15) is 0 Å². The number of anilines is 1. The molecule has 0 bridgehead atoms. The Balaban J connectivity index is 1.54. The summed E-state index contributed by atoms with van der Waals surface area (Å²) in [7, 11) is 0. The predicted octanol–water partition coefficient (Wildman–Crippen LogP) is 2.52. The summed E-state index contributed by atoms with van der Waals surface area (Å²) in [5.74, 6) is 3.20. The molecule has 1 unspecified atom stereocenters. The van der Waals surface area contributed by atoms with Gasteiger partial charge < -0.3 is 4.90 Å². The van der Waals surface area contributed by atoms with E-state index in [4.69, 9.17) is 4.98 Å². The molecule has 2 aliphatic rings. The fraction of sp³-hybridized carbons (Fsp3) is 0.300. The van der Waals surface area contributed by atoms with E-state index in [2.05, 4.69) is 37.0 Å². The molecule has 144 valence electrons. The number of pyridine rings is 1. The monoisotopic (exact) mass is 385 g/mol. The maximum atomic E-state index is 4.99. The summed E-state index contributed by atoms with van der Waals surface area (Å²) < 4.78 is 3.92. The van der Waals surface area contributed by atoms with Crippen molar-refractivity contribution in [3.05, 3.63) is 55.1 Å². The molecule has 0 aromatic carbocycles. The third kappa shape index (κ3) is 2.15. The van der Waals surface area contributed by atoms with Crippen LogP contribution in [-0.2, 0) is 5.54 Å². The fourth-order valence-electron chi connectivity index (χ4n) is 4.67. The molecule has 0 saturated carbocycles. The molecule has 1 fully saturated rings. The van der Waals surface area contributed by atoms with Gasteiger partial charge in [-0.2, -0.15) is 4.98 Å². The first-order chi connectivity index (χ1) is 14.3. The maximum Gasteiger partial charge on any atom is 0.237 e. The van der Waals surface area contributed by atoms with Crippen molar-refractivity contribution in [1.82, 2.24) is 39.3 Å². The first-order valence-corrected chi connectivity index (χ1v) is 9.82. The summed E-state index contributed by atoms with van der Waals surface area (Å²) >= 11 is 0. The second-order valence-electron chi connectivity index (χ2n) is 7.38. The van der Waals surface area contributed by atoms with E-state index in [1.807, 2.05) is 39.7 Å². The normalized spacial score (nSPS) is 19.7. The van der Waals surface area contributed by atoms with Crippen LogP contribution >= 0.6 is 0 Å². The van der Waals surface area contributed by atoms with Crippen LogP contribution in [0.15, 0.2) is 49.3 Å². The number of fused-ring (bicyclic) bond motifs is 6. The van der Waals surface area contributed by atoms with E-state index < -0.39 is 0 Å². The molecular formula is C20H19N9. The predicted molar refractivity (Wildman–Crippen MR) is 106 cm³/mol. The van der Waals surface area contributed by atoms with E-state index >= 15 is 0 Å². The van der Waals surface area contributed by atoms with E-state index in [1.54, 1.807) is 18.7 Å². The lowest BCUT2D eigenvalue weighted by Crippen LogP contribution is -2.46. The maximum absolute atomic E-state index is 4.99. The first kappa shape index (κ1) is 16.3. The lowest BCUT2D eigenvalue weighted by Gasteiger charge is -2.42. The van der Waals surface area contributed by atoms with Crippen LogP contribution in [0, 0.1) is 0 Å². The number of aromatic nitrogens is 8. The van der Waals surface area contributed by atoms with Crippen LogP contribution in [0.2, 0.25) is 0 Å². The third-order valence-corrected chi connectivity index (χ3v) is 6.04. The minimum Gasteiger partial charge on any atom is -0.342 e. The molecule has 4 aromatic rings. The largest absolute Gasteiger partial charge is 0.342 e. The van der Waals surface area contributed by atoms with Crippen LogP contribution in [0.25, 0.3) is 23.2 Å². The Labute approximate surface area is 167 Å². The van der Waals surface area contributed by atoms with E-state index in [1.165, 1.54) is 0 Å². The minimum absolute atomic E-state index is 0.159. The summed E-state index contributed by atoms with van der Waals surface area (Å²) in [4.78, 5) is 20.9. The van der Waals surface area contributed by atoms with Gasteiger partial charge in [-0.15, -0.1) is 10.2 Å². The molecule has 2 aliphatic heterocycles. The Morgan fingerprint density at radius 3 is 2.93 bits per heavy atom. The zero-order chi connectivity index (χ0) is 19.4. The van der Waals surface area contributed by atoms with Crippen molar-refractivity contribution in [3.8, 4) is 23.2 Å². The topological polar surface area (TPSA) is 90.4 Å². The van der Waals surface area contributed by atoms with E-state index in [0.29, 0.717) is 5.95 Å². The highest BCUT2D eigenvalue weighted by Crippen LogP contribution is 2.48. The Bertz CT molecular complexity index is 1200. The Morgan fingerprint density at radius 1 is 1.10 bits per heavy atom. The average molecular weight is 385 g/mol. The molecule has 9 heteroatoms. The van der Waals surface area contributed by atoms with Gasteiger partial charge in [0.1, 0.15) is 23.2 Å². The van der Waals surface area contributed by atoms with E-state index in [-0.39, 0.29) is 5.54 Å². The summed E-state index contributed by atoms with van der Waals surface area (Å²) in [6.07, 6.45) is 12.1. The second-order valence-corrected chi connectivity index (χ2v) is 7.38. The number of nitrogens with zero attached hydrogens (tertiary/aromatic N) is 9. The summed E-state index contributed by atoms with van der Waals surface area (Å²) in [6, 6.07) is 5.77. The molecule has 0 N–H and O–H groups in total. The van der Waals surface area contributed by atoms with Gasteiger partial charge in [0.25, 0.3) is 0 Å². The molecule has 4 aromatic heterocycles. The molecule has 29 heavy (non-hydrogen) atoms. The molecule has 0 aliphatic carbocycles. The average Bonchev–Trinajstić information content (AvgIpc) is 3.53. The van der Waals surface area contributed by atoms with Crippen molar-refractivity contribution in [2.45, 2.75) is 31.7 Å². The van der Waals surface area contributed by atoms with Crippen LogP contribution in [0.1, 0.15) is 32.0 Å². The van der Waals surface area contributed by atoms with Gasteiger partial charge in [0.05, 0.1) is 6.20 Å². The molecule has 9 nitrogen and oxygen atoms in total. The number of hydrogen-bond acceptors (Lipinski definition) is 7. The lowest BCUT2D eigenvalue weighted by atomic mass is 9.90. The Hall–Kier alpha value is -3.62. The highest BCUT2D eigenvalue weighted by molar-refractivity contribution is 5.65. The second kappa shape index (κ2) is 5.94. The van der Waals surface area contributed by atoms with Gasteiger partial charge in [0.2, 0.25) is 5.95 Å². The Morgan fingerprint density at radius 2 is 2.07 bits per heavy atom. The molecule has 6 heterocycles. The zero-order valence-electron chi connectivity index (χ0n) is 16.0. The number of imidazole rings is 1. The van der Waals surface area contributed by atoms with E-state index in [0.717, 1.165) is 54.7 Å². The lowest BCUT2D eigenvalue weighted by molar-refractivity contribution is 0.382. The van der Waals surface area contributed by atoms with Crippen LogP contribution in [0.4, 0.5) is 5.82 Å². The summed E-state index contributed by atoms with van der Waals surface area (Å²) in [5.41, 5.74) is 1.54. The van der Waals surface area contributed by atoms with Gasteiger partial charge in [-0.3, -0.25) is 14.1 Å². The standard InChI is InChI=1S/C20H19N9/c1-2-20-7-5-10-29(20)17-15(28-13-24-26-18(20)28)12-23-19(25-17)27-11-9-22-16(27)14-6-3-4-8-21-14/h3-4,6,8-9,11-13H,2,5,7,10H2,1H3. The highest BCUT2D eigenvalue weighted by atomic mass is 15.4. The SMILES string of the molecule is CCC12CCCN1c1nc(-n3ccnc3-c3ccccn3)ncc1-n1cnnc12. The number of rotatable bonds is 3. The quantitative estimate of drug-likeness (QED) is 0.535. The third-order valence-electron chi connectivity index (χ3n) is 6.04. The van der Waals surface area contributed by atoms with Gasteiger partial charge >= 0.3 is 0 Å². The zero-order valence-corrected chi connectivity index (χ0v) is 16.0. The van der Waals surface area contributed by atoms with Gasteiger partial charge in [-0.1, -0.05) is 13.0 Å². The molecule has 6 rings (SSSR count). The van der Waals surface area contributed by atoms with Crippen LogP contribution < -0.4 is 4.90 Å². The van der Waals surface area contributed by atoms with Crippen molar-refractivity contribution in [1.29, 1.82) is 0 Å². The van der Waals surface area contributed by atoms with Crippen molar-refractivity contribution in [2.75, 3.05) is 11.4 Å². The van der Waals surface area contributed by atoms with Crippen LogP contribution in [0.5, 0.6) is 0 Å². The van der Waals surface area contributed by atoms with Crippen LogP contribution in [-0.4, -0.2) is 45.8 Å². The summed E-state index contributed by atoms with van der Waals surface area (Å²) in [6.45, 7) is 3.15. The van der Waals surface area contributed by atoms with Crippen LogP contribution in [0.3, 0.4) is 0 Å².